The van der Waals surface area contributed by atoms with Crippen LogP contribution in [-0.2, 0) is 26.1 Å². The largest absolute Gasteiger partial charge is 0.317 e. The molecule has 3 rings (SSSR count). The molecule has 1 aromatic carbocycles. The zero-order chi connectivity index (χ0) is 14.5. The van der Waals surface area contributed by atoms with E-state index in [2.05, 4.69) is 56.2 Å². The molecule has 1 aromatic heterocycles. The van der Waals surface area contributed by atoms with E-state index in [9.17, 15) is 0 Å². The minimum atomic E-state index is 0.890. The smallest absolute Gasteiger partial charge is 0.147 e. The van der Waals surface area contributed by atoms with E-state index in [1.807, 2.05) is 6.33 Å². The van der Waals surface area contributed by atoms with Crippen LogP contribution in [0.2, 0.25) is 0 Å². The number of benzene rings is 1. The molecule has 0 saturated carbocycles. The third kappa shape index (κ3) is 3.49. The predicted molar refractivity (Wildman–Crippen MR) is 82.8 cm³/mol. The molecular formula is C16H23N5. The Morgan fingerprint density at radius 1 is 1.19 bits per heavy atom. The minimum absolute atomic E-state index is 0.890. The zero-order valence-corrected chi connectivity index (χ0v) is 12.6. The monoisotopic (exact) mass is 285 g/mol. The molecule has 2 aromatic rings. The standard InChI is InChI=1S/C16H23N5/c1-2-17-8-7-14-5-3-4-6-15(14)11-20-9-10-21-13-18-19-16(21)12-20/h3-6,13,17H,2,7-12H2,1H3. The van der Waals surface area contributed by atoms with Crippen LogP contribution in [0.1, 0.15) is 23.9 Å². The van der Waals surface area contributed by atoms with Crippen LogP contribution in [-0.4, -0.2) is 39.3 Å². The summed E-state index contributed by atoms with van der Waals surface area (Å²) in [5.41, 5.74) is 2.88. The predicted octanol–water partition coefficient (Wildman–Crippen LogP) is 1.45. The van der Waals surface area contributed by atoms with E-state index < -0.39 is 0 Å². The van der Waals surface area contributed by atoms with Gasteiger partial charge in [0.05, 0.1) is 6.54 Å². The van der Waals surface area contributed by atoms with Gasteiger partial charge in [0.1, 0.15) is 12.2 Å². The van der Waals surface area contributed by atoms with Crippen LogP contribution in [0.5, 0.6) is 0 Å². The molecule has 0 saturated heterocycles. The number of hydrogen-bond donors (Lipinski definition) is 1. The van der Waals surface area contributed by atoms with Gasteiger partial charge in [-0.05, 0) is 30.6 Å². The molecule has 0 atom stereocenters. The number of hydrogen-bond acceptors (Lipinski definition) is 4. The van der Waals surface area contributed by atoms with Crippen LogP contribution in [0.4, 0.5) is 0 Å². The maximum absolute atomic E-state index is 4.19. The number of likely N-dealkylation sites (N-methyl/N-ethyl adjacent to an activating group) is 1. The highest BCUT2D eigenvalue weighted by Gasteiger charge is 2.18. The SMILES string of the molecule is CCNCCc1ccccc1CN1CCn2cnnc2C1. The van der Waals surface area contributed by atoms with Gasteiger partial charge >= 0.3 is 0 Å². The summed E-state index contributed by atoms with van der Waals surface area (Å²) >= 11 is 0. The van der Waals surface area contributed by atoms with Crippen molar-refractivity contribution in [1.82, 2.24) is 25.0 Å². The van der Waals surface area contributed by atoms with Gasteiger partial charge in [-0.25, -0.2) is 0 Å². The van der Waals surface area contributed by atoms with E-state index in [-0.39, 0.29) is 0 Å². The summed E-state index contributed by atoms with van der Waals surface area (Å²) < 4.78 is 2.15. The number of fused-ring (bicyclic) bond motifs is 1. The van der Waals surface area contributed by atoms with Crippen molar-refractivity contribution in [2.45, 2.75) is 33.0 Å². The topological polar surface area (TPSA) is 46.0 Å². The van der Waals surface area contributed by atoms with Crippen molar-refractivity contribution in [3.63, 3.8) is 0 Å². The maximum atomic E-state index is 4.19. The molecule has 0 aliphatic carbocycles. The summed E-state index contributed by atoms with van der Waals surface area (Å²) in [5.74, 6) is 1.08. The Bertz CT molecular complexity index is 578. The van der Waals surface area contributed by atoms with E-state index in [4.69, 9.17) is 0 Å². The van der Waals surface area contributed by atoms with Crippen molar-refractivity contribution in [3.05, 3.63) is 47.5 Å². The highest BCUT2D eigenvalue weighted by Crippen LogP contribution is 2.16. The van der Waals surface area contributed by atoms with Crippen molar-refractivity contribution >= 4 is 0 Å². The molecule has 21 heavy (non-hydrogen) atoms. The van der Waals surface area contributed by atoms with Gasteiger partial charge in [-0.15, -0.1) is 10.2 Å². The average molecular weight is 285 g/mol. The van der Waals surface area contributed by atoms with Crippen LogP contribution in [0, 0.1) is 0 Å². The maximum Gasteiger partial charge on any atom is 0.147 e. The molecule has 0 spiro atoms. The van der Waals surface area contributed by atoms with Gasteiger partial charge in [-0.2, -0.15) is 0 Å². The Morgan fingerprint density at radius 2 is 2.05 bits per heavy atom. The summed E-state index contributed by atoms with van der Waals surface area (Å²) in [6.45, 7) is 8.16. The second kappa shape index (κ2) is 6.83. The molecule has 5 nitrogen and oxygen atoms in total. The fourth-order valence-electron chi connectivity index (χ4n) is 2.85. The van der Waals surface area contributed by atoms with Crippen molar-refractivity contribution < 1.29 is 0 Å². The lowest BCUT2D eigenvalue weighted by molar-refractivity contribution is 0.208. The van der Waals surface area contributed by atoms with Crippen LogP contribution < -0.4 is 5.32 Å². The lowest BCUT2D eigenvalue weighted by Gasteiger charge is -2.27. The third-order valence-corrected chi connectivity index (χ3v) is 4.05. The van der Waals surface area contributed by atoms with Crippen LogP contribution in [0.3, 0.4) is 0 Å². The molecule has 1 aliphatic heterocycles. The number of nitrogens with zero attached hydrogens (tertiary/aromatic N) is 4. The summed E-state index contributed by atoms with van der Waals surface area (Å²) in [4.78, 5) is 2.45. The summed E-state index contributed by atoms with van der Waals surface area (Å²) in [6.07, 6.45) is 2.92. The first-order chi connectivity index (χ1) is 10.4. The van der Waals surface area contributed by atoms with Crippen molar-refractivity contribution in [1.29, 1.82) is 0 Å². The summed E-state index contributed by atoms with van der Waals surface area (Å²) in [7, 11) is 0. The molecule has 0 unspecified atom stereocenters. The first-order valence-electron chi connectivity index (χ1n) is 7.73. The second-order valence-corrected chi connectivity index (χ2v) is 5.52. The van der Waals surface area contributed by atoms with E-state index in [1.54, 1.807) is 0 Å². The Hall–Kier alpha value is -1.72. The lowest BCUT2D eigenvalue weighted by atomic mass is 10.0. The molecule has 112 valence electrons. The first-order valence-corrected chi connectivity index (χ1v) is 7.73. The number of rotatable bonds is 6. The van der Waals surface area contributed by atoms with E-state index in [1.165, 1.54) is 11.1 Å². The highest BCUT2D eigenvalue weighted by atomic mass is 15.3. The second-order valence-electron chi connectivity index (χ2n) is 5.52. The van der Waals surface area contributed by atoms with Gasteiger partial charge < -0.3 is 9.88 Å². The Balaban J connectivity index is 1.65. The Morgan fingerprint density at radius 3 is 2.90 bits per heavy atom. The van der Waals surface area contributed by atoms with Crippen LogP contribution in [0.15, 0.2) is 30.6 Å². The van der Waals surface area contributed by atoms with Gasteiger partial charge in [0.25, 0.3) is 0 Å². The third-order valence-electron chi connectivity index (χ3n) is 4.05. The molecule has 0 fully saturated rings. The summed E-state index contributed by atoms with van der Waals surface area (Å²) in [5, 5.41) is 11.6. The average Bonchev–Trinajstić information content (AvgIpc) is 2.97. The Kier molecular flexibility index (Phi) is 4.62. The highest BCUT2D eigenvalue weighted by molar-refractivity contribution is 5.27. The van der Waals surface area contributed by atoms with Gasteiger partial charge in [0.15, 0.2) is 0 Å². The van der Waals surface area contributed by atoms with Crippen molar-refractivity contribution in [2.24, 2.45) is 0 Å². The van der Waals surface area contributed by atoms with E-state index in [0.717, 1.165) is 51.5 Å². The minimum Gasteiger partial charge on any atom is -0.317 e. The first kappa shape index (κ1) is 14.2. The van der Waals surface area contributed by atoms with E-state index >= 15 is 0 Å². The fourth-order valence-corrected chi connectivity index (χ4v) is 2.85. The van der Waals surface area contributed by atoms with Gasteiger partial charge in [-0.1, -0.05) is 31.2 Å². The van der Waals surface area contributed by atoms with Gasteiger partial charge in [-0.3, -0.25) is 4.90 Å². The summed E-state index contributed by atoms with van der Waals surface area (Å²) in [6, 6.07) is 8.77. The fraction of sp³-hybridized carbons (Fsp3) is 0.500. The normalized spacial score (nSPS) is 15.1. The molecule has 2 heterocycles. The lowest BCUT2D eigenvalue weighted by Crippen LogP contribution is -2.33. The van der Waals surface area contributed by atoms with Crippen LogP contribution in [0.25, 0.3) is 0 Å². The van der Waals surface area contributed by atoms with Crippen molar-refractivity contribution in [2.75, 3.05) is 19.6 Å². The molecule has 0 bridgehead atoms. The molecule has 1 aliphatic rings. The molecule has 1 N–H and O–H groups in total. The van der Waals surface area contributed by atoms with E-state index in [0.29, 0.717) is 0 Å². The van der Waals surface area contributed by atoms with Gasteiger partial charge in [0.2, 0.25) is 0 Å². The molecule has 0 amide bonds. The molecule has 0 radical (unpaired) electrons. The molecule has 5 heteroatoms. The number of aromatic nitrogens is 3. The quantitative estimate of drug-likeness (QED) is 0.816. The van der Waals surface area contributed by atoms with Crippen molar-refractivity contribution in [3.8, 4) is 0 Å². The number of nitrogens with one attached hydrogen (secondary N) is 1. The van der Waals surface area contributed by atoms with Gasteiger partial charge in [0, 0.05) is 19.6 Å². The Labute approximate surface area is 126 Å². The zero-order valence-electron chi connectivity index (χ0n) is 12.6. The van der Waals surface area contributed by atoms with Crippen LogP contribution >= 0.6 is 0 Å². The molecular weight excluding hydrogens is 262 g/mol.